The lowest BCUT2D eigenvalue weighted by atomic mass is 10.1. The third kappa shape index (κ3) is 4.21. The summed E-state index contributed by atoms with van der Waals surface area (Å²) in [5.74, 6) is 6.60. The molecule has 0 saturated carbocycles. The van der Waals surface area contributed by atoms with Crippen LogP contribution in [-0.2, 0) is 12.2 Å². The molecule has 3 rings (SSSR count). The molecule has 2 aromatic carbocycles. The van der Waals surface area contributed by atoms with Gasteiger partial charge in [0.15, 0.2) is 0 Å². The monoisotopic (exact) mass is 372 g/mol. The second kappa shape index (κ2) is 7.72. The number of hydrogen-bond acceptors (Lipinski definition) is 5. The maximum atomic E-state index is 12.4. The number of nitrogens with zero attached hydrogens (tertiary/aromatic N) is 3. The predicted molar refractivity (Wildman–Crippen MR) is 101 cm³/mol. The highest BCUT2D eigenvalue weighted by atomic mass is 35.5. The van der Waals surface area contributed by atoms with Gasteiger partial charge in [0.2, 0.25) is 5.16 Å². The van der Waals surface area contributed by atoms with Gasteiger partial charge >= 0.3 is 0 Å². The Morgan fingerprint density at radius 1 is 1.12 bits per heavy atom. The second-order valence-electron chi connectivity index (χ2n) is 5.62. The van der Waals surface area contributed by atoms with Crippen LogP contribution >= 0.6 is 23.4 Å². The van der Waals surface area contributed by atoms with Crippen LogP contribution in [0.1, 0.15) is 22.4 Å². The van der Waals surface area contributed by atoms with E-state index in [0.29, 0.717) is 28.0 Å². The zero-order valence-corrected chi connectivity index (χ0v) is 15.2. The first-order valence-electron chi connectivity index (χ1n) is 7.70. The van der Waals surface area contributed by atoms with Crippen LogP contribution in [0.4, 0.5) is 0 Å². The van der Waals surface area contributed by atoms with Gasteiger partial charge in [0.05, 0.1) is 0 Å². The summed E-state index contributed by atoms with van der Waals surface area (Å²) in [5.41, 5.74) is 3.26. The van der Waals surface area contributed by atoms with Crippen molar-refractivity contribution in [2.45, 2.75) is 24.3 Å². The van der Waals surface area contributed by atoms with Gasteiger partial charge in [-0.25, -0.2) is 0 Å². The molecule has 0 fully saturated rings. The lowest BCUT2D eigenvalue weighted by Gasteiger charge is -2.09. The number of aromatic nitrogens is 3. The van der Waals surface area contributed by atoms with Crippen molar-refractivity contribution >= 4 is 23.4 Å². The van der Waals surface area contributed by atoms with Gasteiger partial charge < -0.3 is 5.84 Å². The summed E-state index contributed by atoms with van der Waals surface area (Å²) < 4.78 is 1.07. The van der Waals surface area contributed by atoms with Gasteiger partial charge in [0, 0.05) is 17.2 Å². The molecule has 0 aliphatic rings. The molecular formula is C18H17ClN4OS. The van der Waals surface area contributed by atoms with Crippen LogP contribution in [0.5, 0.6) is 0 Å². The van der Waals surface area contributed by atoms with Crippen molar-refractivity contribution in [3.8, 4) is 0 Å². The third-order valence-electron chi connectivity index (χ3n) is 3.83. The average Bonchev–Trinajstić information content (AvgIpc) is 2.61. The first-order valence-corrected chi connectivity index (χ1v) is 9.06. The largest absolute Gasteiger partial charge is 0.334 e. The molecular weight excluding hydrogens is 356 g/mol. The number of rotatable bonds is 5. The molecule has 5 nitrogen and oxygen atoms in total. The van der Waals surface area contributed by atoms with E-state index in [2.05, 4.69) is 10.2 Å². The molecule has 3 aromatic rings. The average molecular weight is 373 g/mol. The number of nitrogens with two attached hydrogens (primary N) is 1. The summed E-state index contributed by atoms with van der Waals surface area (Å²) in [5, 5.41) is 9.24. The maximum absolute atomic E-state index is 12.4. The number of thioether (sulfide) groups is 1. The fourth-order valence-electron chi connectivity index (χ4n) is 2.34. The highest BCUT2D eigenvalue weighted by molar-refractivity contribution is 7.98. The first-order chi connectivity index (χ1) is 12.0. The molecule has 0 amide bonds. The van der Waals surface area contributed by atoms with Crippen molar-refractivity contribution in [1.29, 1.82) is 0 Å². The van der Waals surface area contributed by atoms with Crippen LogP contribution in [0.2, 0.25) is 5.02 Å². The van der Waals surface area contributed by atoms with E-state index in [4.69, 9.17) is 17.4 Å². The van der Waals surface area contributed by atoms with Gasteiger partial charge in [0.1, 0.15) is 5.69 Å². The lowest BCUT2D eigenvalue weighted by Crippen LogP contribution is -2.33. The van der Waals surface area contributed by atoms with E-state index in [1.54, 1.807) is 12.1 Å². The van der Waals surface area contributed by atoms with E-state index in [-0.39, 0.29) is 5.56 Å². The van der Waals surface area contributed by atoms with Crippen LogP contribution in [0.25, 0.3) is 0 Å². The maximum Gasteiger partial charge on any atom is 0.294 e. The highest BCUT2D eigenvalue weighted by Crippen LogP contribution is 2.21. The van der Waals surface area contributed by atoms with Crippen molar-refractivity contribution in [1.82, 2.24) is 14.9 Å². The van der Waals surface area contributed by atoms with Gasteiger partial charge in [-0.05, 0) is 35.7 Å². The van der Waals surface area contributed by atoms with E-state index in [1.807, 2.05) is 43.3 Å². The normalized spacial score (nSPS) is 10.8. The molecule has 0 aliphatic carbocycles. The molecule has 2 N–H and O–H groups in total. The molecule has 0 radical (unpaired) electrons. The molecule has 0 unspecified atom stereocenters. The molecule has 0 bridgehead atoms. The minimum absolute atomic E-state index is 0.310. The Morgan fingerprint density at radius 2 is 1.84 bits per heavy atom. The standard InChI is InChI=1S/C18H17ClN4OS/c1-12-4-2-3-5-14(12)11-25-18-22-21-16(17(24)23(18)20)10-13-6-8-15(19)9-7-13/h2-9H,10-11,20H2,1H3. The van der Waals surface area contributed by atoms with Crippen molar-refractivity contribution in [3.05, 3.63) is 86.3 Å². The molecule has 0 atom stereocenters. The van der Waals surface area contributed by atoms with E-state index in [1.165, 1.54) is 22.9 Å². The lowest BCUT2D eigenvalue weighted by molar-refractivity contribution is 0.672. The smallest absolute Gasteiger partial charge is 0.294 e. The Bertz CT molecular complexity index is 941. The summed E-state index contributed by atoms with van der Waals surface area (Å²) in [7, 11) is 0. The number of halogens is 1. The van der Waals surface area contributed by atoms with Crippen LogP contribution < -0.4 is 11.4 Å². The summed E-state index contributed by atoms with van der Waals surface area (Å²) in [6.07, 6.45) is 0.364. The zero-order chi connectivity index (χ0) is 17.8. The van der Waals surface area contributed by atoms with Crippen LogP contribution in [0.15, 0.2) is 58.5 Å². The van der Waals surface area contributed by atoms with Crippen molar-refractivity contribution in [2.24, 2.45) is 0 Å². The van der Waals surface area contributed by atoms with E-state index >= 15 is 0 Å². The van der Waals surface area contributed by atoms with Gasteiger partial charge in [-0.15, -0.1) is 10.2 Å². The van der Waals surface area contributed by atoms with Crippen molar-refractivity contribution in [3.63, 3.8) is 0 Å². The number of aryl methyl sites for hydroxylation is 1. The molecule has 7 heteroatoms. The van der Waals surface area contributed by atoms with Gasteiger partial charge in [-0.3, -0.25) is 4.79 Å². The number of nitrogen functional groups attached to an aromatic ring is 1. The van der Waals surface area contributed by atoms with Crippen molar-refractivity contribution < 1.29 is 0 Å². The number of hydrogen-bond donors (Lipinski definition) is 1. The Balaban J connectivity index is 1.77. The van der Waals surface area contributed by atoms with Crippen LogP contribution in [0.3, 0.4) is 0 Å². The predicted octanol–water partition coefficient (Wildman–Crippen LogP) is 3.20. The zero-order valence-electron chi connectivity index (χ0n) is 13.6. The molecule has 128 valence electrons. The van der Waals surface area contributed by atoms with E-state index < -0.39 is 0 Å². The fraction of sp³-hybridized carbons (Fsp3) is 0.167. The third-order valence-corrected chi connectivity index (χ3v) is 5.07. The minimum atomic E-state index is -0.336. The Hall–Kier alpha value is -2.31. The molecule has 0 aliphatic heterocycles. The van der Waals surface area contributed by atoms with E-state index in [9.17, 15) is 4.79 Å². The van der Waals surface area contributed by atoms with Gasteiger partial charge in [-0.2, -0.15) is 4.68 Å². The van der Waals surface area contributed by atoms with Gasteiger partial charge in [-0.1, -0.05) is 59.8 Å². The van der Waals surface area contributed by atoms with Crippen LogP contribution in [-0.4, -0.2) is 14.9 Å². The molecule has 1 aromatic heterocycles. The molecule has 0 saturated heterocycles. The van der Waals surface area contributed by atoms with E-state index in [0.717, 1.165) is 10.2 Å². The molecule has 0 spiro atoms. The summed E-state index contributed by atoms with van der Waals surface area (Å²) in [6.45, 7) is 2.05. The number of benzene rings is 2. The Morgan fingerprint density at radius 3 is 2.56 bits per heavy atom. The first kappa shape index (κ1) is 17.5. The highest BCUT2D eigenvalue weighted by Gasteiger charge is 2.12. The van der Waals surface area contributed by atoms with Crippen molar-refractivity contribution in [2.75, 3.05) is 5.84 Å². The summed E-state index contributed by atoms with van der Waals surface area (Å²) >= 11 is 7.26. The minimum Gasteiger partial charge on any atom is -0.334 e. The Kier molecular flexibility index (Phi) is 5.40. The summed E-state index contributed by atoms with van der Waals surface area (Å²) in [4.78, 5) is 12.4. The van der Waals surface area contributed by atoms with Crippen LogP contribution in [0, 0.1) is 6.92 Å². The molecule has 1 heterocycles. The fourth-order valence-corrected chi connectivity index (χ4v) is 3.39. The van der Waals surface area contributed by atoms with Gasteiger partial charge in [0.25, 0.3) is 5.56 Å². The topological polar surface area (TPSA) is 73.8 Å². The molecule has 25 heavy (non-hydrogen) atoms. The Labute approximate surface area is 154 Å². The summed E-state index contributed by atoms with van der Waals surface area (Å²) in [6, 6.07) is 15.3. The SMILES string of the molecule is Cc1ccccc1CSc1nnc(Cc2ccc(Cl)cc2)c(=O)n1N. The second-order valence-corrected chi connectivity index (χ2v) is 7.00. The quantitative estimate of drug-likeness (QED) is 0.550.